The van der Waals surface area contributed by atoms with E-state index in [1.54, 1.807) is 0 Å². The monoisotopic (exact) mass is 276 g/mol. The van der Waals surface area contributed by atoms with Gasteiger partial charge in [0.25, 0.3) is 5.69 Å². The Morgan fingerprint density at radius 1 is 1.42 bits per heavy atom. The van der Waals surface area contributed by atoms with Crippen LogP contribution in [0.1, 0.15) is 29.9 Å². The van der Waals surface area contributed by atoms with Crippen LogP contribution in [-0.4, -0.2) is 12.0 Å². The molecule has 0 aliphatic heterocycles. The van der Waals surface area contributed by atoms with Crippen molar-refractivity contribution < 1.29 is 22.9 Å². The van der Waals surface area contributed by atoms with E-state index in [0.717, 1.165) is 6.07 Å². The Bertz CT molecular complexity index is 513. The van der Waals surface area contributed by atoms with Crippen molar-refractivity contribution in [3.63, 3.8) is 0 Å². The van der Waals surface area contributed by atoms with E-state index in [9.17, 15) is 23.3 Å². The second-order valence-electron chi connectivity index (χ2n) is 4.29. The lowest BCUT2D eigenvalue weighted by atomic mass is 10.0. The smallest absolute Gasteiger partial charge is 0.279 e. The Hall–Kier alpha value is -1.83. The largest absolute Gasteiger partial charge is 0.416 e. The minimum Gasteiger partial charge on any atom is -0.279 e. The number of alkyl halides is 3. The topological polar surface area (TPSA) is 64.4 Å². The van der Waals surface area contributed by atoms with Crippen LogP contribution >= 0.6 is 0 Å². The zero-order chi connectivity index (χ0) is 14.2. The first-order chi connectivity index (χ1) is 8.84. The Morgan fingerprint density at radius 3 is 2.47 bits per heavy atom. The molecule has 2 rings (SSSR count). The summed E-state index contributed by atoms with van der Waals surface area (Å²) in [5.41, 5.74) is 0.669. The van der Waals surface area contributed by atoms with Gasteiger partial charge in [0.05, 0.1) is 17.6 Å². The number of nitrogens with one attached hydrogen (secondary N) is 1. The first kappa shape index (κ1) is 13.6. The van der Waals surface area contributed by atoms with Gasteiger partial charge in [0, 0.05) is 6.07 Å². The lowest BCUT2D eigenvalue weighted by Gasteiger charge is -2.14. The number of anilines is 1. The molecule has 1 aromatic carbocycles. The Kier molecular flexibility index (Phi) is 3.36. The van der Waals surface area contributed by atoms with Crippen molar-refractivity contribution in [1.82, 2.24) is 0 Å². The van der Waals surface area contributed by atoms with Crippen molar-refractivity contribution >= 4 is 11.4 Å². The van der Waals surface area contributed by atoms with Crippen molar-refractivity contribution in [2.75, 3.05) is 12.6 Å². The molecule has 0 atom stereocenters. The van der Waals surface area contributed by atoms with Crippen molar-refractivity contribution in [2.24, 2.45) is 0 Å². The zero-order valence-electron chi connectivity index (χ0n) is 9.95. The summed E-state index contributed by atoms with van der Waals surface area (Å²) in [5, 5.41) is 10.8. The van der Waals surface area contributed by atoms with Gasteiger partial charge in [-0.3, -0.25) is 20.4 Å². The van der Waals surface area contributed by atoms with E-state index in [0.29, 0.717) is 18.9 Å². The van der Waals surface area contributed by atoms with Crippen molar-refractivity contribution in [3.05, 3.63) is 33.4 Å². The standard InChI is InChI=1S/C11H11F3N2O3/c1-19-15-9-4-7(6-2-3-6)8(11(12,13)14)5-10(9)16(17)18/h4-6,15H,2-3H2,1H3. The molecule has 0 bridgehead atoms. The highest BCUT2D eigenvalue weighted by Gasteiger charge is 2.40. The molecule has 5 nitrogen and oxygen atoms in total. The molecule has 1 aliphatic carbocycles. The van der Waals surface area contributed by atoms with Crippen LogP contribution in [0.5, 0.6) is 0 Å². The third kappa shape index (κ3) is 2.78. The molecule has 0 saturated heterocycles. The summed E-state index contributed by atoms with van der Waals surface area (Å²) >= 11 is 0. The number of nitrogens with zero attached hydrogens (tertiary/aromatic N) is 1. The van der Waals surface area contributed by atoms with Crippen molar-refractivity contribution in [1.29, 1.82) is 0 Å². The van der Waals surface area contributed by atoms with Crippen LogP contribution in [0, 0.1) is 10.1 Å². The van der Waals surface area contributed by atoms with Crippen LogP contribution < -0.4 is 5.48 Å². The molecular formula is C11H11F3N2O3. The van der Waals surface area contributed by atoms with Gasteiger partial charge in [-0.15, -0.1) is 0 Å². The third-order valence-electron chi connectivity index (χ3n) is 2.90. The first-order valence-corrected chi connectivity index (χ1v) is 5.53. The van der Waals surface area contributed by atoms with Gasteiger partial charge >= 0.3 is 6.18 Å². The molecule has 1 aromatic rings. The van der Waals surface area contributed by atoms with Crippen molar-refractivity contribution in [3.8, 4) is 0 Å². The maximum Gasteiger partial charge on any atom is 0.416 e. The highest BCUT2D eigenvalue weighted by atomic mass is 19.4. The molecule has 19 heavy (non-hydrogen) atoms. The van der Waals surface area contributed by atoms with Crippen molar-refractivity contribution in [2.45, 2.75) is 24.9 Å². The molecule has 0 unspecified atom stereocenters. The molecule has 0 heterocycles. The minimum absolute atomic E-state index is 0.0672. The molecule has 1 fully saturated rings. The molecule has 0 aromatic heterocycles. The molecule has 0 amide bonds. The number of hydrogen-bond donors (Lipinski definition) is 1. The molecule has 1 N–H and O–H groups in total. The lowest BCUT2D eigenvalue weighted by Crippen LogP contribution is -2.11. The Morgan fingerprint density at radius 2 is 2.05 bits per heavy atom. The minimum atomic E-state index is -4.60. The van der Waals surface area contributed by atoms with Crippen LogP contribution in [0.2, 0.25) is 0 Å². The summed E-state index contributed by atoms with van der Waals surface area (Å²) in [5.74, 6) is -0.185. The van der Waals surface area contributed by atoms with E-state index in [4.69, 9.17) is 0 Å². The summed E-state index contributed by atoms with van der Waals surface area (Å²) in [6.07, 6.45) is -3.28. The van der Waals surface area contributed by atoms with Crippen LogP contribution in [0.4, 0.5) is 24.5 Å². The maximum absolute atomic E-state index is 12.9. The van der Waals surface area contributed by atoms with Crippen LogP contribution in [0.3, 0.4) is 0 Å². The Labute approximate surface area is 106 Å². The first-order valence-electron chi connectivity index (χ1n) is 5.53. The molecule has 0 spiro atoms. The van der Waals surface area contributed by atoms with Gasteiger partial charge in [0.1, 0.15) is 5.69 Å². The Balaban J connectivity index is 2.59. The zero-order valence-corrected chi connectivity index (χ0v) is 9.95. The highest BCUT2D eigenvalue weighted by Crippen LogP contribution is 2.48. The predicted octanol–water partition coefficient (Wildman–Crippen LogP) is 3.46. The highest BCUT2D eigenvalue weighted by molar-refractivity contribution is 5.65. The second kappa shape index (κ2) is 4.69. The van der Waals surface area contributed by atoms with E-state index in [1.165, 1.54) is 7.11 Å². The number of nitro benzene ring substituents is 1. The fourth-order valence-electron chi connectivity index (χ4n) is 1.93. The average molecular weight is 276 g/mol. The second-order valence-corrected chi connectivity index (χ2v) is 4.29. The molecule has 1 saturated carbocycles. The predicted molar refractivity (Wildman–Crippen MR) is 60.7 cm³/mol. The molecule has 0 radical (unpaired) electrons. The van der Waals surface area contributed by atoms with E-state index in [2.05, 4.69) is 10.3 Å². The number of benzene rings is 1. The van der Waals surface area contributed by atoms with Gasteiger partial charge in [-0.2, -0.15) is 13.2 Å². The van der Waals surface area contributed by atoms with Crippen LogP contribution in [-0.2, 0) is 11.0 Å². The SMILES string of the molecule is CONc1cc(C2CC2)c(C(F)(F)F)cc1[N+](=O)[O-]. The van der Waals surface area contributed by atoms with Crippen LogP contribution in [0.15, 0.2) is 12.1 Å². The number of rotatable bonds is 4. The summed E-state index contributed by atoms with van der Waals surface area (Å²) in [6.45, 7) is 0. The third-order valence-corrected chi connectivity index (χ3v) is 2.90. The van der Waals surface area contributed by atoms with Gasteiger partial charge in [0.15, 0.2) is 0 Å². The maximum atomic E-state index is 12.9. The summed E-state index contributed by atoms with van der Waals surface area (Å²) in [6, 6.07) is 1.72. The number of nitro groups is 1. The quantitative estimate of drug-likeness (QED) is 0.675. The van der Waals surface area contributed by atoms with Gasteiger partial charge in [-0.25, -0.2) is 0 Å². The normalized spacial score (nSPS) is 15.4. The summed E-state index contributed by atoms with van der Waals surface area (Å²) < 4.78 is 38.8. The van der Waals surface area contributed by atoms with E-state index in [1.807, 2.05) is 0 Å². The summed E-state index contributed by atoms with van der Waals surface area (Å²) in [4.78, 5) is 14.5. The van der Waals surface area contributed by atoms with E-state index < -0.39 is 22.4 Å². The van der Waals surface area contributed by atoms with Crippen LogP contribution in [0.25, 0.3) is 0 Å². The van der Waals surface area contributed by atoms with Gasteiger partial charge in [-0.05, 0) is 30.4 Å². The van der Waals surface area contributed by atoms with E-state index >= 15 is 0 Å². The van der Waals surface area contributed by atoms with Gasteiger partial charge < -0.3 is 0 Å². The molecule has 1 aliphatic rings. The molecule has 104 valence electrons. The fourth-order valence-corrected chi connectivity index (χ4v) is 1.93. The van der Waals surface area contributed by atoms with E-state index in [-0.39, 0.29) is 17.2 Å². The average Bonchev–Trinajstić information content (AvgIpc) is 3.10. The number of hydrogen-bond acceptors (Lipinski definition) is 4. The molecular weight excluding hydrogens is 265 g/mol. The number of halogens is 3. The molecule has 8 heteroatoms. The fraction of sp³-hybridized carbons (Fsp3) is 0.455. The summed E-state index contributed by atoms with van der Waals surface area (Å²) in [7, 11) is 1.23. The lowest BCUT2D eigenvalue weighted by molar-refractivity contribution is -0.384. The van der Waals surface area contributed by atoms with Gasteiger partial charge in [-0.1, -0.05) is 0 Å². The van der Waals surface area contributed by atoms with Gasteiger partial charge in [0.2, 0.25) is 0 Å².